The molecule has 22 heavy (non-hydrogen) atoms. The molecule has 3 amide bonds. The molecule has 6 nitrogen and oxygen atoms in total. The third kappa shape index (κ3) is 4.45. The lowest BCUT2D eigenvalue weighted by Gasteiger charge is -2.35. The summed E-state index contributed by atoms with van der Waals surface area (Å²) in [5, 5.41) is 2.89. The van der Waals surface area contributed by atoms with Gasteiger partial charge in [-0.05, 0) is 28.1 Å². The van der Waals surface area contributed by atoms with E-state index in [9.17, 15) is 9.59 Å². The summed E-state index contributed by atoms with van der Waals surface area (Å²) in [6, 6.07) is 7.56. The van der Waals surface area contributed by atoms with Gasteiger partial charge in [0.25, 0.3) is 0 Å². The van der Waals surface area contributed by atoms with E-state index in [0.29, 0.717) is 32.7 Å². The largest absolute Gasteiger partial charge is 0.331 e. The van der Waals surface area contributed by atoms with Crippen molar-refractivity contribution in [2.75, 3.05) is 52.1 Å². The lowest BCUT2D eigenvalue weighted by Crippen LogP contribution is -2.52. The van der Waals surface area contributed by atoms with E-state index in [1.807, 2.05) is 29.2 Å². The van der Waals surface area contributed by atoms with Gasteiger partial charge in [0.1, 0.15) is 0 Å². The molecule has 1 aromatic carbocycles. The predicted octanol–water partition coefficient (Wildman–Crippen LogP) is 1.69. The number of para-hydroxylation sites is 1. The van der Waals surface area contributed by atoms with Crippen LogP contribution in [0, 0.1) is 0 Å². The second kappa shape index (κ2) is 7.60. The number of nitrogens with one attached hydrogen (secondary N) is 1. The van der Waals surface area contributed by atoms with Gasteiger partial charge in [0.05, 0.1) is 12.2 Å². The molecule has 0 radical (unpaired) electrons. The lowest BCUT2D eigenvalue weighted by atomic mass is 10.3. The van der Waals surface area contributed by atoms with Gasteiger partial charge in [0.2, 0.25) is 5.91 Å². The van der Waals surface area contributed by atoms with Gasteiger partial charge in [0, 0.05) is 44.7 Å². The molecule has 1 saturated heterocycles. The normalized spacial score (nSPS) is 15.5. The van der Waals surface area contributed by atoms with Crippen molar-refractivity contribution in [2.24, 2.45) is 0 Å². The van der Waals surface area contributed by atoms with Crippen molar-refractivity contribution in [1.82, 2.24) is 14.7 Å². The third-order valence-corrected chi connectivity index (χ3v) is 4.23. The molecule has 0 bridgehead atoms. The molecule has 1 aromatic rings. The van der Waals surface area contributed by atoms with Crippen molar-refractivity contribution in [3.8, 4) is 0 Å². The van der Waals surface area contributed by atoms with Crippen LogP contribution >= 0.6 is 15.9 Å². The zero-order chi connectivity index (χ0) is 16.1. The highest BCUT2D eigenvalue weighted by molar-refractivity contribution is 9.10. The number of urea groups is 1. The fraction of sp³-hybridized carbons (Fsp3) is 0.467. The number of nitrogens with zero attached hydrogens (tertiary/aromatic N) is 3. The maximum atomic E-state index is 12.1. The molecular weight excluding hydrogens is 348 g/mol. The molecule has 1 aliphatic heterocycles. The van der Waals surface area contributed by atoms with Gasteiger partial charge in [-0.3, -0.25) is 9.69 Å². The van der Waals surface area contributed by atoms with Crippen LogP contribution in [0.15, 0.2) is 28.7 Å². The summed E-state index contributed by atoms with van der Waals surface area (Å²) in [7, 11) is 3.50. The van der Waals surface area contributed by atoms with E-state index in [1.54, 1.807) is 19.0 Å². The van der Waals surface area contributed by atoms with E-state index in [1.165, 1.54) is 0 Å². The van der Waals surface area contributed by atoms with Crippen LogP contribution in [0.4, 0.5) is 10.5 Å². The van der Waals surface area contributed by atoms with E-state index in [0.717, 1.165) is 10.2 Å². The Bertz CT molecular complexity index is 542. The number of hydrogen-bond donors (Lipinski definition) is 1. The van der Waals surface area contributed by atoms with E-state index >= 15 is 0 Å². The molecule has 1 N–H and O–H groups in total. The summed E-state index contributed by atoms with van der Waals surface area (Å²) in [6.07, 6.45) is 0. The predicted molar refractivity (Wildman–Crippen MR) is 89.9 cm³/mol. The number of anilines is 1. The first-order chi connectivity index (χ1) is 10.5. The van der Waals surface area contributed by atoms with Gasteiger partial charge in [-0.2, -0.15) is 0 Å². The van der Waals surface area contributed by atoms with Crippen LogP contribution in [0.1, 0.15) is 0 Å². The fourth-order valence-electron chi connectivity index (χ4n) is 2.34. The van der Waals surface area contributed by atoms with Crippen LogP contribution in [-0.4, -0.2) is 73.5 Å². The molecule has 0 unspecified atom stereocenters. The Hall–Kier alpha value is -1.60. The van der Waals surface area contributed by atoms with E-state index < -0.39 is 0 Å². The maximum absolute atomic E-state index is 12.1. The third-order valence-electron chi connectivity index (χ3n) is 3.54. The molecule has 0 spiro atoms. The Balaban J connectivity index is 1.80. The number of carbonyl (C=O) groups is 2. The number of hydrogen-bond acceptors (Lipinski definition) is 3. The Morgan fingerprint density at radius 3 is 2.41 bits per heavy atom. The molecular formula is C15H21BrN4O2. The maximum Gasteiger partial charge on any atom is 0.319 e. The standard InChI is InChI=1S/C15H21BrN4O2/c1-18(2)15(22)20-9-7-19(8-10-20)11-14(21)17-13-6-4-3-5-12(13)16/h3-6H,7-11H2,1-2H3,(H,17,21). The summed E-state index contributed by atoms with van der Waals surface area (Å²) < 4.78 is 0.866. The molecule has 120 valence electrons. The Kier molecular flexibility index (Phi) is 5.79. The van der Waals surface area contributed by atoms with E-state index in [4.69, 9.17) is 0 Å². The number of amides is 3. The minimum absolute atomic E-state index is 0.0253. The molecule has 1 heterocycles. The smallest absolute Gasteiger partial charge is 0.319 e. The second-order valence-electron chi connectivity index (χ2n) is 5.47. The van der Waals surface area contributed by atoms with Gasteiger partial charge in [0.15, 0.2) is 0 Å². The van der Waals surface area contributed by atoms with Crippen molar-refractivity contribution in [3.05, 3.63) is 28.7 Å². The molecule has 1 fully saturated rings. The molecule has 1 aliphatic rings. The number of carbonyl (C=O) groups excluding carboxylic acids is 2. The quantitative estimate of drug-likeness (QED) is 0.882. The summed E-state index contributed by atoms with van der Waals surface area (Å²) in [5.41, 5.74) is 0.772. The molecule has 0 saturated carbocycles. The first kappa shape index (κ1) is 16.8. The van der Waals surface area contributed by atoms with Crippen molar-refractivity contribution in [3.63, 3.8) is 0 Å². The topological polar surface area (TPSA) is 55.9 Å². The van der Waals surface area contributed by atoms with Gasteiger partial charge in [-0.15, -0.1) is 0 Å². The van der Waals surface area contributed by atoms with Crippen molar-refractivity contribution >= 4 is 33.6 Å². The molecule has 2 rings (SSSR count). The van der Waals surface area contributed by atoms with Gasteiger partial charge in [-0.25, -0.2) is 4.79 Å². The highest BCUT2D eigenvalue weighted by Crippen LogP contribution is 2.21. The van der Waals surface area contributed by atoms with Gasteiger partial charge in [-0.1, -0.05) is 12.1 Å². The minimum Gasteiger partial charge on any atom is -0.331 e. The average molecular weight is 369 g/mol. The number of rotatable bonds is 3. The van der Waals surface area contributed by atoms with E-state index in [-0.39, 0.29) is 11.9 Å². The summed E-state index contributed by atoms with van der Waals surface area (Å²) >= 11 is 3.41. The molecule has 0 aliphatic carbocycles. The Labute approximate surface area is 139 Å². The van der Waals surface area contributed by atoms with Crippen molar-refractivity contribution < 1.29 is 9.59 Å². The summed E-state index contributed by atoms with van der Waals surface area (Å²) in [5.74, 6) is -0.0423. The van der Waals surface area contributed by atoms with E-state index in [2.05, 4.69) is 26.1 Å². The van der Waals surface area contributed by atoms with Crippen LogP contribution < -0.4 is 5.32 Å². The molecule has 0 aromatic heterocycles. The SMILES string of the molecule is CN(C)C(=O)N1CCN(CC(=O)Nc2ccccc2Br)CC1. The zero-order valence-electron chi connectivity index (χ0n) is 12.9. The van der Waals surface area contributed by atoms with Crippen LogP contribution in [0.25, 0.3) is 0 Å². The monoisotopic (exact) mass is 368 g/mol. The van der Waals surface area contributed by atoms with Crippen LogP contribution in [-0.2, 0) is 4.79 Å². The van der Waals surface area contributed by atoms with Crippen molar-refractivity contribution in [2.45, 2.75) is 0 Å². The van der Waals surface area contributed by atoms with Gasteiger partial charge < -0.3 is 15.1 Å². The second-order valence-corrected chi connectivity index (χ2v) is 6.32. The highest BCUT2D eigenvalue weighted by Gasteiger charge is 2.23. The first-order valence-electron chi connectivity index (χ1n) is 7.20. The zero-order valence-corrected chi connectivity index (χ0v) is 14.5. The molecule has 7 heteroatoms. The summed E-state index contributed by atoms with van der Waals surface area (Å²) in [4.78, 5) is 29.4. The number of piperazine rings is 1. The van der Waals surface area contributed by atoms with Crippen LogP contribution in [0.5, 0.6) is 0 Å². The van der Waals surface area contributed by atoms with Crippen LogP contribution in [0.2, 0.25) is 0 Å². The van der Waals surface area contributed by atoms with Crippen molar-refractivity contribution in [1.29, 1.82) is 0 Å². The fourth-order valence-corrected chi connectivity index (χ4v) is 2.72. The first-order valence-corrected chi connectivity index (χ1v) is 7.99. The summed E-state index contributed by atoms with van der Waals surface area (Å²) in [6.45, 7) is 3.07. The minimum atomic E-state index is -0.0423. The van der Waals surface area contributed by atoms with Crippen LogP contribution in [0.3, 0.4) is 0 Å². The average Bonchev–Trinajstić information content (AvgIpc) is 2.49. The Morgan fingerprint density at radius 2 is 1.82 bits per heavy atom. The Morgan fingerprint density at radius 1 is 1.18 bits per heavy atom. The number of halogens is 1. The number of benzene rings is 1. The molecule has 0 atom stereocenters. The lowest BCUT2D eigenvalue weighted by molar-refractivity contribution is -0.117. The highest BCUT2D eigenvalue weighted by atomic mass is 79.9. The van der Waals surface area contributed by atoms with Gasteiger partial charge >= 0.3 is 6.03 Å².